The molecule has 0 radical (unpaired) electrons. The summed E-state index contributed by atoms with van der Waals surface area (Å²) < 4.78 is 10.5. The normalized spacial score (nSPS) is 25.3. The first-order valence-corrected chi connectivity index (χ1v) is 5.27. The maximum Gasteiger partial charge on any atom is 0.147 e. The fourth-order valence-electron chi connectivity index (χ4n) is 1.46. The number of aliphatic hydroxyl groups excluding tert-OH is 1. The van der Waals surface area contributed by atoms with Crippen LogP contribution in [0, 0.1) is 5.92 Å². The molecule has 1 unspecified atom stereocenters. The predicted octanol–water partition coefficient (Wildman–Crippen LogP) is 0.356. The van der Waals surface area contributed by atoms with Crippen LogP contribution in [0.2, 0.25) is 0 Å². The van der Waals surface area contributed by atoms with E-state index in [4.69, 9.17) is 14.6 Å². The van der Waals surface area contributed by atoms with Gasteiger partial charge in [0.15, 0.2) is 0 Å². The highest BCUT2D eigenvalue weighted by atomic mass is 16.7. The molecule has 0 aromatic rings. The van der Waals surface area contributed by atoms with E-state index in [1.807, 2.05) is 0 Å². The molecule has 1 rings (SSSR count). The lowest BCUT2D eigenvalue weighted by Gasteiger charge is -2.26. The third kappa shape index (κ3) is 3.92. The average Bonchev–Trinajstić information content (AvgIpc) is 2.20. The van der Waals surface area contributed by atoms with E-state index in [0.717, 1.165) is 19.6 Å². The Labute approximate surface area is 85.6 Å². The van der Waals surface area contributed by atoms with Crippen LogP contribution in [-0.2, 0) is 9.47 Å². The van der Waals surface area contributed by atoms with Crippen molar-refractivity contribution in [2.24, 2.45) is 5.92 Å². The van der Waals surface area contributed by atoms with Crippen LogP contribution in [-0.4, -0.2) is 43.8 Å². The quantitative estimate of drug-likeness (QED) is 0.677. The fourth-order valence-corrected chi connectivity index (χ4v) is 1.46. The second kappa shape index (κ2) is 6.35. The molecular weight excluding hydrogens is 182 g/mol. The average molecular weight is 203 g/mol. The number of nitrogens with one attached hydrogen (secondary N) is 1. The monoisotopic (exact) mass is 203 g/mol. The van der Waals surface area contributed by atoms with E-state index in [2.05, 4.69) is 19.2 Å². The van der Waals surface area contributed by atoms with Crippen LogP contribution in [0.15, 0.2) is 0 Å². The van der Waals surface area contributed by atoms with Gasteiger partial charge < -0.3 is 19.9 Å². The van der Waals surface area contributed by atoms with E-state index in [9.17, 15) is 0 Å². The van der Waals surface area contributed by atoms with Crippen molar-refractivity contribution in [1.82, 2.24) is 5.32 Å². The maximum atomic E-state index is 9.10. The summed E-state index contributed by atoms with van der Waals surface area (Å²) in [6.07, 6.45) is 1.17. The summed E-state index contributed by atoms with van der Waals surface area (Å²) in [6, 6.07) is 0.168. The summed E-state index contributed by atoms with van der Waals surface area (Å²) in [5, 5.41) is 12.4. The van der Waals surface area contributed by atoms with Crippen LogP contribution in [0.25, 0.3) is 0 Å². The zero-order valence-electron chi connectivity index (χ0n) is 9.03. The molecular formula is C10H21NO3. The maximum absolute atomic E-state index is 9.10. The Morgan fingerprint density at radius 3 is 2.79 bits per heavy atom. The first-order chi connectivity index (χ1) is 6.74. The third-order valence-electron chi connectivity index (χ3n) is 2.58. The van der Waals surface area contributed by atoms with Crippen molar-refractivity contribution in [3.05, 3.63) is 0 Å². The molecule has 1 fully saturated rings. The Bertz CT molecular complexity index is 146. The highest BCUT2D eigenvalue weighted by Gasteiger charge is 2.17. The van der Waals surface area contributed by atoms with Gasteiger partial charge in [0, 0.05) is 12.6 Å². The van der Waals surface area contributed by atoms with Crippen LogP contribution >= 0.6 is 0 Å². The summed E-state index contributed by atoms with van der Waals surface area (Å²) in [5.41, 5.74) is 0. The molecule has 4 nitrogen and oxygen atoms in total. The van der Waals surface area contributed by atoms with Gasteiger partial charge in [-0.05, 0) is 12.3 Å². The van der Waals surface area contributed by atoms with Gasteiger partial charge in [0.1, 0.15) is 6.79 Å². The van der Waals surface area contributed by atoms with Gasteiger partial charge in [-0.15, -0.1) is 0 Å². The zero-order valence-corrected chi connectivity index (χ0v) is 9.03. The number of aliphatic hydroxyl groups is 1. The zero-order chi connectivity index (χ0) is 10.4. The van der Waals surface area contributed by atoms with Crippen molar-refractivity contribution < 1.29 is 14.6 Å². The second-order valence-electron chi connectivity index (χ2n) is 4.04. The number of ether oxygens (including phenoxy) is 2. The Morgan fingerprint density at radius 2 is 2.29 bits per heavy atom. The van der Waals surface area contributed by atoms with Gasteiger partial charge in [-0.1, -0.05) is 13.8 Å². The van der Waals surface area contributed by atoms with E-state index in [0.29, 0.717) is 12.7 Å². The fraction of sp³-hybridized carbons (Fsp3) is 1.00. The van der Waals surface area contributed by atoms with Crippen LogP contribution in [0.3, 0.4) is 0 Å². The van der Waals surface area contributed by atoms with Crippen molar-refractivity contribution in [3.63, 3.8) is 0 Å². The van der Waals surface area contributed by atoms with Crippen LogP contribution in [0.1, 0.15) is 20.3 Å². The van der Waals surface area contributed by atoms with Crippen LogP contribution < -0.4 is 5.32 Å². The third-order valence-corrected chi connectivity index (χ3v) is 2.58. The summed E-state index contributed by atoms with van der Waals surface area (Å²) in [6.45, 7) is 6.35. The van der Waals surface area contributed by atoms with Crippen LogP contribution in [0.5, 0.6) is 0 Å². The minimum Gasteiger partial charge on any atom is -0.395 e. The number of hydrogen-bond acceptors (Lipinski definition) is 4. The molecule has 0 amide bonds. The Balaban J connectivity index is 2.16. The molecule has 1 heterocycles. The van der Waals surface area contributed by atoms with Gasteiger partial charge in [0.2, 0.25) is 0 Å². The summed E-state index contributed by atoms with van der Waals surface area (Å²) >= 11 is 0. The topological polar surface area (TPSA) is 50.7 Å². The van der Waals surface area contributed by atoms with Crippen molar-refractivity contribution in [2.45, 2.75) is 32.4 Å². The molecule has 0 aliphatic carbocycles. The molecule has 2 N–H and O–H groups in total. The standard InChI is InChI=1S/C10H21NO3/c1-8(2)10(6-12)11-5-9-3-4-13-7-14-9/h8-12H,3-7H2,1-2H3/t9?,10-/m1/s1. The molecule has 0 aromatic carbocycles. The smallest absolute Gasteiger partial charge is 0.147 e. The first kappa shape index (κ1) is 11.9. The van der Waals surface area contributed by atoms with Gasteiger partial charge in [-0.3, -0.25) is 0 Å². The molecule has 4 heteroatoms. The molecule has 2 atom stereocenters. The Hall–Kier alpha value is -0.160. The second-order valence-corrected chi connectivity index (χ2v) is 4.04. The van der Waals surface area contributed by atoms with E-state index in [1.165, 1.54) is 0 Å². The molecule has 14 heavy (non-hydrogen) atoms. The van der Waals surface area contributed by atoms with E-state index < -0.39 is 0 Å². The van der Waals surface area contributed by atoms with E-state index in [1.54, 1.807) is 0 Å². The van der Waals surface area contributed by atoms with E-state index in [-0.39, 0.29) is 18.8 Å². The number of hydrogen-bond donors (Lipinski definition) is 2. The van der Waals surface area contributed by atoms with Gasteiger partial charge in [0.05, 0.1) is 19.3 Å². The highest BCUT2D eigenvalue weighted by molar-refractivity contribution is 4.72. The van der Waals surface area contributed by atoms with Crippen molar-refractivity contribution >= 4 is 0 Å². The summed E-state index contributed by atoms with van der Waals surface area (Å²) in [4.78, 5) is 0. The summed E-state index contributed by atoms with van der Waals surface area (Å²) in [7, 11) is 0. The van der Waals surface area contributed by atoms with Crippen molar-refractivity contribution in [3.8, 4) is 0 Å². The Kier molecular flexibility index (Phi) is 5.40. The molecule has 0 bridgehead atoms. The van der Waals surface area contributed by atoms with Crippen molar-refractivity contribution in [1.29, 1.82) is 0 Å². The molecule has 1 aliphatic rings. The van der Waals surface area contributed by atoms with Gasteiger partial charge >= 0.3 is 0 Å². The molecule has 0 aromatic heterocycles. The van der Waals surface area contributed by atoms with E-state index >= 15 is 0 Å². The van der Waals surface area contributed by atoms with Gasteiger partial charge in [0.25, 0.3) is 0 Å². The molecule has 0 spiro atoms. The molecule has 1 saturated heterocycles. The predicted molar refractivity (Wildman–Crippen MR) is 54.0 cm³/mol. The number of rotatable bonds is 5. The molecule has 84 valence electrons. The largest absolute Gasteiger partial charge is 0.395 e. The first-order valence-electron chi connectivity index (χ1n) is 5.27. The van der Waals surface area contributed by atoms with Gasteiger partial charge in [-0.2, -0.15) is 0 Å². The molecule has 0 saturated carbocycles. The minimum atomic E-state index is 0.168. The molecule has 1 aliphatic heterocycles. The Morgan fingerprint density at radius 1 is 1.50 bits per heavy atom. The van der Waals surface area contributed by atoms with Gasteiger partial charge in [-0.25, -0.2) is 0 Å². The lowest BCUT2D eigenvalue weighted by Crippen LogP contribution is -2.43. The lowest BCUT2D eigenvalue weighted by atomic mass is 10.1. The van der Waals surface area contributed by atoms with Crippen LogP contribution in [0.4, 0.5) is 0 Å². The lowest BCUT2D eigenvalue weighted by molar-refractivity contribution is -0.137. The SMILES string of the molecule is CC(C)[C@@H](CO)NCC1CCOCO1. The highest BCUT2D eigenvalue weighted by Crippen LogP contribution is 2.06. The minimum absolute atomic E-state index is 0.168. The summed E-state index contributed by atoms with van der Waals surface area (Å²) in [5.74, 6) is 0.444. The van der Waals surface area contributed by atoms with Crippen molar-refractivity contribution in [2.75, 3.05) is 26.6 Å².